The van der Waals surface area contributed by atoms with Crippen molar-refractivity contribution in [1.82, 2.24) is 5.32 Å². The number of carbonyl (C=O) groups is 2. The fourth-order valence-corrected chi connectivity index (χ4v) is 2.34. The average molecular weight is 350 g/mol. The molecule has 1 aromatic carbocycles. The minimum Gasteiger partial charge on any atom is -0.347 e. The lowest BCUT2D eigenvalue weighted by Crippen LogP contribution is -2.31. The van der Waals surface area contributed by atoms with Gasteiger partial charge >= 0.3 is 0 Å². The van der Waals surface area contributed by atoms with Crippen molar-refractivity contribution in [2.45, 2.75) is 11.8 Å². The second-order valence-electron chi connectivity index (χ2n) is 3.64. The van der Waals surface area contributed by atoms with E-state index in [0.717, 1.165) is 0 Å². The molecule has 0 saturated heterocycles. The first kappa shape index (κ1) is 15.6. The molecule has 0 fully saturated rings. The summed E-state index contributed by atoms with van der Waals surface area (Å²) in [7, 11) is -3.79. The van der Waals surface area contributed by atoms with Gasteiger partial charge < -0.3 is 10.6 Å². The van der Waals surface area contributed by atoms with Crippen LogP contribution in [-0.4, -0.2) is 26.8 Å². The highest BCUT2D eigenvalue weighted by atomic mass is 79.9. The molecule has 0 atom stereocenters. The van der Waals surface area contributed by atoms with Gasteiger partial charge in [-0.05, 0) is 34.1 Å². The molecule has 0 unspecified atom stereocenters. The van der Waals surface area contributed by atoms with Gasteiger partial charge in [0.2, 0.25) is 21.8 Å². The molecule has 4 N–H and O–H groups in total. The van der Waals surface area contributed by atoms with Crippen molar-refractivity contribution < 1.29 is 18.0 Å². The van der Waals surface area contributed by atoms with Crippen LogP contribution in [0.15, 0.2) is 27.6 Å². The molecule has 0 radical (unpaired) electrons. The number of amides is 2. The monoisotopic (exact) mass is 349 g/mol. The normalized spacial score (nSPS) is 10.9. The molecule has 0 saturated carbocycles. The molecule has 0 bridgehead atoms. The summed E-state index contributed by atoms with van der Waals surface area (Å²) in [6.45, 7) is 1.13. The molecule has 1 rings (SSSR count). The third-order valence-corrected chi connectivity index (χ3v) is 3.61. The Kier molecular flexibility index (Phi) is 5.04. The molecule has 7 nitrogen and oxygen atoms in total. The Labute approximate surface area is 118 Å². The maximum absolute atomic E-state index is 11.5. The summed E-state index contributed by atoms with van der Waals surface area (Å²) in [4.78, 5) is 22.0. The fraction of sp³-hybridized carbons (Fsp3) is 0.200. The Morgan fingerprint density at radius 1 is 1.37 bits per heavy atom. The number of carbonyl (C=O) groups excluding carboxylic acids is 2. The maximum atomic E-state index is 11.5. The van der Waals surface area contributed by atoms with E-state index in [-0.39, 0.29) is 17.3 Å². The maximum Gasteiger partial charge on any atom is 0.243 e. The summed E-state index contributed by atoms with van der Waals surface area (Å²) in [5.74, 6) is -0.752. The molecular weight excluding hydrogens is 338 g/mol. The molecule has 1 aromatic rings. The first-order valence-electron chi connectivity index (χ1n) is 5.07. The summed E-state index contributed by atoms with van der Waals surface area (Å²) in [6, 6.07) is 3.95. The van der Waals surface area contributed by atoms with E-state index >= 15 is 0 Å². The third kappa shape index (κ3) is 4.97. The number of primary sulfonamides is 1. The second kappa shape index (κ2) is 6.13. The molecular formula is C10H12BrN3O4S. The van der Waals surface area contributed by atoms with E-state index in [1.807, 2.05) is 0 Å². The molecule has 2 amide bonds. The van der Waals surface area contributed by atoms with Gasteiger partial charge in [-0.25, -0.2) is 13.6 Å². The molecule has 0 heterocycles. The Bertz CT molecular complexity index is 615. The van der Waals surface area contributed by atoms with Crippen LogP contribution in [0.3, 0.4) is 0 Å². The molecule has 0 aliphatic heterocycles. The SMILES string of the molecule is CC(=O)NCC(=O)Nc1ccc(S(N)(=O)=O)cc1Br. The van der Waals surface area contributed by atoms with Crippen molar-refractivity contribution in [3.05, 3.63) is 22.7 Å². The predicted molar refractivity (Wildman–Crippen MR) is 72.8 cm³/mol. The smallest absolute Gasteiger partial charge is 0.243 e. The van der Waals surface area contributed by atoms with E-state index in [4.69, 9.17) is 5.14 Å². The van der Waals surface area contributed by atoms with Crippen molar-refractivity contribution in [1.29, 1.82) is 0 Å². The van der Waals surface area contributed by atoms with Crippen LogP contribution in [0.1, 0.15) is 6.92 Å². The van der Waals surface area contributed by atoms with E-state index in [2.05, 4.69) is 26.6 Å². The van der Waals surface area contributed by atoms with E-state index in [9.17, 15) is 18.0 Å². The van der Waals surface area contributed by atoms with Crippen LogP contribution in [0.5, 0.6) is 0 Å². The van der Waals surface area contributed by atoms with Crippen LogP contribution in [0.2, 0.25) is 0 Å². The summed E-state index contributed by atoms with van der Waals surface area (Å²) in [5.41, 5.74) is 0.378. The summed E-state index contributed by atoms with van der Waals surface area (Å²) >= 11 is 3.13. The quantitative estimate of drug-likeness (QED) is 0.717. The van der Waals surface area contributed by atoms with Crippen LogP contribution in [-0.2, 0) is 19.6 Å². The van der Waals surface area contributed by atoms with Crippen molar-refractivity contribution in [2.75, 3.05) is 11.9 Å². The predicted octanol–water partition coefficient (Wildman–Crippen LogP) is 0.171. The third-order valence-electron chi connectivity index (χ3n) is 2.04. The minimum atomic E-state index is -3.79. The van der Waals surface area contributed by atoms with E-state index in [1.165, 1.54) is 25.1 Å². The first-order chi connectivity index (χ1) is 8.70. The molecule has 0 aliphatic carbocycles. The van der Waals surface area contributed by atoms with E-state index in [1.54, 1.807) is 0 Å². The van der Waals surface area contributed by atoms with Crippen LogP contribution in [0.25, 0.3) is 0 Å². The average Bonchev–Trinajstić information content (AvgIpc) is 2.27. The Hall–Kier alpha value is -1.45. The van der Waals surface area contributed by atoms with Gasteiger partial charge in [0.1, 0.15) is 0 Å². The zero-order valence-electron chi connectivity index (χ0n) is 9.94. The van der Waals surface area contributed by atoms with Gasteiger partial charge in [-0.2, -0.15) is 0 Å². The number of nitrogens with one attached hydrogen (secondary N) is 2. The van der Waals surface area contributed by atoms with Crippen molar-refractivity contribution in [3.8, 4) is 0 Å². The molecule has 0 spiro atoms. The Balaban J connectivity index is 2.81. The van der Waals surface area contributed by atoms with Crippen LogP contribution in [0, 0.1) is 0 Å². The van der Waals surface area contributed by atoms with Crippen LogP contribution < -0.4 is 15.8 Å². The first-order valence-corrected chi connectivity index (χ1v) is 7.40. The highest BCUT2D eigenvalue weighted by molar-refractivity contribution is 9.10. The zero-order chi connectivity index (χ0) is 14.6. The lowest BCUT2D eigenvalue weighted by molar-refractivity contribution is -0.122. The summed E-state index contributed by atoms with van der Waals surface area (Å²) in [5, 5.41) is 9.82. The van der Waals surface area contributed by atoms with Gasteiger partial charge in [0.15, 0.2) is 0 Å². The lowest BCUT2D eigenvalue weighted by Gasteiger charge is -2.08. The minimum absolute atomic E-state index is 0.0702. The molecule has 0 aromatic heterocycles. The van der Waals surface area contributed by atoms with Gasteiger partial charge in [0.25, 0.3) is 0 Å². The summed E-state index contributed by atoms with van der Waals surface area (Å²) in [6.07, 6.45) is 0. The number of rotatable bonds is 4. The number of sulfonamides is 1. The van der Waals surface area contributed by atoms with Gasteiger partial charge in [-0.1, -0.05) is 0 Å². The number of anilines is 1. The standard InChI is InChI=1S/C10H12BrN3O4S/c1-6(15)13-5-10(16)14-9-3-2-7(4-8(9)11)19(12,17)18/h2-4H,5H2,1H3,(H,13,15)(H,14,16)(H2,12,17,18). The van der Waals surface area contributed by atoms with E-state index in [0.29, 0.717) is 10.2 Å². The van der Waals surface area contributed by atoms with E-state index < -0.39 is 15.9 Å². The molecule has 0 aliphatic rings. The van der Waals surface area contributed by atoms with Gasteiger partial charge in [0.05, 0.1) is 17.1 Å². The van der Waals surface area contributed by atoms with Gasteiger partial charge in [0, 0.05) is 11.4 Å². The van der Waals surface area contributed by atoms with Crippen molar-refractivity contribution in [2.24, 2.45) is 5.14 Å². The van der Waals surface area contributed by atoms with Crippen molar-refractivity contribution >= 4 is 43.5 Å². The van der Waals surface area contributed by atoms with Crippen LogP contribution in [0.4, 0.5) is 5.69 Å². The number of benzene rings is 1. The topological polar surface area (TPSA) is 118 Å². The number of hydrogen-bond donors (Lipinski definition) is 3. The van der Waals surface area contributed by atoms with Crippen LogP contribution >= 0.6 is 15.9 Å². The fourth-order valence-electron chi connectivity index (χ4n) is 1.17. The van der Waals surface area contributed by atoms with Gasteiger partial charge in [-0.3, -0.25) is 9.59 Å². The second-order valence-corrected chi connectivity index (χ2v) is 6.06. The Morgan fingerprint density at radius 3 is 2.47 bits per heavy atom. The Morgan fingerprint density at radius 2 is 2.00 bits per heavy atom. The lowest BCUT2D eigenvalue weighted by atomic mass is 10.3. The summed E-state index contributed by atoms with van der Waals surface area (Å²) < 4.78 is 22.6. The van der Waals surface area contributed by atoms with Gasteiger partial charge in [-0.15, -0.1) is 0 Å². The zero-order valence-corrected chi connectivity index (χ0v) is 12.3. The number of hydrogen-bond acceptors (Lipinski definition) is 4. The highest BCUT2D eigenvalue weighted by Crippen LogP contribution is 2.25. The molecule has 9 heteroatoms. The highest BCUT2D eigenvalue weighted by Gasteiger charge is 2.11. The molecule has 19 heavy (non-hydrogen) atoms. The largest absolute Gasteiger partial charge is 0.347 e. The molecule has 104 valence electrons. The number of halogens is 1. The van der Waals surface area contributed by atoms with Crippen molar-refractivity contribution in [3.63, 3.8) is 0 Å². The number of nitrogens with two attached hydrogens (primary N) is 1.